The fraction of sp³-hybridized carbons (Fsp3) is 0.803. The van der Waals surface area contributed by atoms with Crippen LogP contribution in [0.4, 0.5) is 0 Å². The van der Waals surface area contributed by atoms with Gasteiger partial charge in [-0.05, 0) is 83.5 Å². The molecule has 390 valence electrons. The highest BCUT2D eigenvalue weighted by Gasteiger charge is 2.17. The van der Waals surface area contributed by atoms with Crippen LogP contribution in [0.5, 0.6) is 0 Å². The van der Waals surface area contributed by atoms with E-state index in [9.17, 15) is 19.8 Å². The van der Waals surface area contributed by atoms with Crippen molar-refractivity contribution in [2.75, 3.05) is 13.2 Å². The lowest BCUT2D eigenvalue weighted by Crippen LogP contribution is -2.45. The molecule has 3 N–H and O–H groups in total. The summed E-state index contributed by atoms with van der Waals surface area (Å²) < 4.78 is 5.46. The maximum atomic E-state index is 12.4. The third kappa shape index (κ3) is 52.8. The zero-order valence-electron chi connectivity index (χ0n) is 44.4. The van der Waals surface area contributed by atoms with Crippen LogP contribution in [0.2, 0.25) is 0 Å². The number of aliphatic hydroxyl groups is 2. The van der Waals surface area contributed by atoms with E-state index in [0.29, 0.717) is 25.9 Å². The van der Waals surface area contributed by atoms with Gasteiger partial charge in [-0.2, -0.15) is 0 Å². The molecule has 0 aliphatic carbocycles. The summed E-state index contributed by atoms with van der Waals surface area (Å²) in [7, 11) is 0. The van der Waals surface area contributed by atoms with Crippen LogP contribution in [0.3, 0.4) is 0 Å². The Labute approximate surface area is 416 Å². The Hall–Kier alpha value is -2.44. The van der Waals surface area contributed by atoms with Gasteiger partial charge in [0.1, 0.15) is 0 Å². The summed E-state index contributed by atoms with van der Waals surface area (Å²) in [4.78, 5) is 24.5. The average Bonchev–Trinajstić information content (AvgIpc) is 3.33. The van der Waals surface area contributed by atoms with Crippen LogP contribution in [0.1, 0.15) is 290 Å². The van der Waals surface area contributed by atoms with E-state index in [1.54, 1.807) is 6.08 Å². The van der Waals surface area contributed by atoms with Crippen LogP contribution >= 0.6 is 0 Å². The maximum Gasteiger partial charge on any atom is 0.305 e. The molecule has 0 aliphatic heterocycles. The SMILES string of the molecule is CCCCCC/C=C\C/C=C\CCCCCCCCCC(=O)OCCCCCCCC/C=C\C/C=C\CCC(=O)NC(CO)C(O)/C=C/CCCCCCCCCCCCCCCCCCC. The van der Waals surface area contributed by atoms with Crippen LogP contribution < -0.4 is 5.32 Å². The molecule has 6 nitrogen and oxygen atoms in total. The lowest BCUT2D eigenvalue weighted by atomic mass is 10.0. The van der Waals surface area contributed by atoms with Crippen molar-refractivity contribution in [3.63, 3.8) is 0 Å². The highest BCUT2D eigenvalue weighted by atomic mass is 16.5. The monoisotopic (exact) mass is 938 g/mol. The maximum absolute atomic E-state index is 12.4. The van der Waals surface area contributed by atoms with Crippen LogP contribution in [0, 0.1) is 0 Å². The van der Waals surface area contributed by atoms with Crippen molar-refractivity contribution in [1.29, 1.82) is 0 Å². The summed E-state index contributed by atoms with van der Waals surface area (Å²) in [6.07, 6.45) is 72.5. The molecule has 0 rings (SSSR count). The Bertz CT molecular complexity index is 1170. The smallest absolute Gasteiger partial charge is 0.305 e. The predicted molar refractivity (Wildman–Crippen MR) is 292 cm³/mol. The van der Waals surface area contributed by atoms with Gasteiger partial charge < -0.3 is 20.3 Å². The lowest BCUT2D eigenvalue weighted by Gasteiger charge is -2.19. The molecule has 2 unspecified atom stereocenters. The molecule has 0 radical (unpaired) electrons. The second kappa shape index (κ2) is 56.2. The summed E-state index contributed by atoms with van der Waals surface area (Å²) in [5.41, 5.74) is 0. The summed E-state index contributed by atoms with van der Waals surface area (Å²) in [5.74, 6) is -0.175. The van der Waals surface area contributed by atoms with E-state index in [1.165, 1.54) is 199 Å². The van der Waals surface area contributed by atoms with E-state index in [-0.39, 0.29) is 18.5 Å². The number of aliphatic hydroxyl groups excluding tert-OH is 2. The molecule has 0 aromatic rings. The summed E-state index contributed by atoms with van der Waals surface area (Å²) in [5, 5.41) is 23.1. The van der Waals surface area contributed by atoms with Gasteiger partial charge in [0.2, 0.25) is 5.91 Å². The first-order chi connectivity index (χ1) is 33.0. The van der Waals surface area contributed by atoms with Crippen LogP contribution in [-0.4, -0.2) is 47.4 Å². The molecule has 0 fully saturated rings. The predicted octanol–water partition coefficient (Wildman–Crippen LogP) is 18.0. The van der Waals surface area contributed by atoms with Gasteiger partial charge in [-0.1, -0.05) is 254 Å². The van der Waals surface area contributed by atoms with E-state index in [2.05, 4.69) is 61.7 Å². The average molecular weight is 939 g/mol. The standard InChI is InChI=1S/C61H111NO5/c1-3-5-7-9-11-13-15-17-19-21-23-24-26-29-33-37-41-45-49-53-59(64)58(57-63)62-60(65)54-50-46-42-38-34-30-28-32-36-40-44-48-52-56-67-61(66)55-51-47-43-39-35-31-27-25-22-20-18-16-14-12-10-8-6-4-2/h14,16,20,22,30,34,42,46,49,53,58-59,63-64H,3-13,15,17-19,21,23-29,31-33,35-41,43-45,47-48,50-52,54-57H2,1-2H3,(H,62,65)/b16-14-,22-20-,34-30-,46-42-,53-49+. The number of nitrogens with one attached hydrogen (secondary N) is 1. The number of ether oxygens (including phenoxy) is 1. The molecule has 0 heterocycles. The minimum atomic E-state index is -0.882. The van der Waals surface area contributed by atoms with Gasteiger partial charge in [-0.25, -0.2) is 0 Å². The number of hydrogen-bond acceptors (Lipinski definition) is 5. The number of hydrogen-bond donors (Lipinski definition) is 3. The molecule has 0 aliphatic rings. The normalized spacial score (nSPS) is 13.1. The van der Waals surface area contributed by atoms with E-state index in [4.69, 9.17) is 4.74 Å². The van der Waals surface area contributed by atoms with E-state index in [0.717, 1.165) is 57.8 Å². The molecule has 67 heavy (non-hydrogen) atoms. The third-order valence-corrected chi connectivity index (χ3v) is 13.0. The number of rotatable bonds is 53. The van der Waals surface area contributed by atoms with Crippen molar-refractivity contribution < 1.29 is 24.5 Å². The Morgan fingerprint density at radius 3 is 1.18 bits per heavy atom. The molecular formula is C61H111NO5. The Morgan fingerprint density at radius 2 is 0.761 bits per heavy atom. The first kappa shape index (κ1) is 64.6. The van der Waals surface area contributed by atoms with Gasteiger partial charge in [-0.3, -0.25) is 9.59 Å². The molecule has 6 heteroatoms. The minimum Gasteiger partial charge on any atom is -0.466 e. The highest BCUT2D eigenvalue weighted by molar-refractivity contribution is 5.76. The number of esters is 1. The van der Waals surface area contributed by atoms with Gasteiger partial charge in [-0.15, -0.1) is 0 Å². The second-order valence-electron chi connectivity index (χ2n) is 19.6. The van der Waals surface area contributed by atoms with Gasteiger partial charge in [0.15, 0.2) is 0 Å². The van der Waals surface area contributed by atoms with Crippen molar-refractivity contribution in [3.05, 3.63) is 60.8 Å². The first-order valence-corrected chi connectivity index (χ1v) is 29.1. The highest BCUT2D eigenvalue weighted by Crippen LogP contribution is 2.16. The van der Waals surface area contributed by atoms with Gasteiger partial charge >= 0.3 is 5.97 Å². The lowest BCUT2D eigenvalue weighted by molar-refractivity contribution is -0.143. The zero-order chi connectivity index (χ0) is 48.6. The molecular weight excluding hydrogens is 827 g/mol. The molecule has 0 saturated carbocycles. The fourth-order valence-electron chi connectivity index (χ4n) is 8.54. The van der Waals surface area contributed by atoms with Crippen molar-refractivity contribution >= 4 is 11.9 Å². The molecule has 0 spiro atoms. The zero-order valence-corrected chi connectivity index (χ0v) is 44.4. The van der Waals surface area contributed by atoms with Crippen molar-refractivity contribution in [2.45, 2.75) is 302 Å². The number of allylic oxidation sites excluding steroid dienone is 9. The quantitative estimate of drug-likeness (QED) is 0.0321. The molecule has 0 aromatic heterocycles. The number of amides is 1. The first-order valence-electron chi connectivity index (χ1n) is 29.1. The third-order valence-electron chi connectivity index (χ3n) is 13.0. The van der Waals surface area contributed by atoms with E-state index < -0.39 is 12.1 Å². The molecule has 2 atom stereocenters. The Morgan fingerprint density at radius 1 is 0.418 bits per heavy atom. The molecule has 0 aromatic carbocycles. The molecule has 1 amide bonds. The number of carbonyl (C=O) groups is 2. The largest absolute Gasteiger partial charge is 0.466 e. The van der Waals surface area contributed by atoms with Crippen LogP contribution in [0.15, 0.2) is 60.8 Å². The Kier molecular flexibility index (Phi) is 54.1. The second-order valence-corrected chi connectivity index (χ2v) is 19.6. The number of carbonyl (C=O) groups excluding carboxylic acids is 2. The van der Waals surface area contributed by atoms with Crippen molar-refractivity contribution in [2.24, 2.45) is 0 Å². The van der Waals surface area contributed by atoms with Gasteiger partial charge in [0.25, 0.3) is 0 Å². The summed E-state index contributed by atoms with van der Waals surface area (Å²) in [6, 6.07) is -0.674. The topological polar surface area (TPSA) is 95.9 Å². The summed E-state index contributed by atoms with van der Waals surface area (Å²) >= 11 is 0. The molecule has 0 saturated heterocycles. The van der Waals surface area contributed by atoms with Crippen LogP contribution in [0.25, 0.3) is 0 Å². The summed E-state index contributed by atoms with van der Waals surface area (Å²) in [6.45, 7) is 4.82. The van der Waals surface area contributed by atoms with E-state index >= 15 is 0 Å². The molecule has 0 bridgehead atoms. The van der Waals surface area contributed by atoms with Gasteiger partial charge in [0.05, 0.1) is 25.4 Å². The Balaban J connectivity index is 3.58. The fourth-order valence-corrected chi connectivity index (χ4v) is 8.54. The van der Waals surface area contributed by atoms with E-state index in [1.807, 2.05) is 12.2 Å². The minimum absolute atomic E-state index is 0.0263. The van der Waals surface area contributed by atoms with Gasteiger partial charge in [0, 0.05) is 12.8 Å². The number of unbranched alkanes of at least 4 members (excludes halogenated alkanes) is 34. The van der Waals surface area contributed by atoms with Crippen molar-refractivity contribution in [3.8, 4) is 0 Å². The van der Waals surface area contributed by atoms with Crippen LogP contribution in [-0.2, 0) is 14.3 Å². The van der Waals surface area contributed by atoms with Crippen molar-refractivity contribution in [1.82, 2.24) is 5.32 Å².